The van der Waals surface area contributed by atoms with Crippen molar-refractivity contribution >= 4 is 11.8 Å². The van der Waals surface area contributed by atoms with Crippen LogP contribution in [-0.2, 0) is 9.59 Å². The molecule has 1 heterocycles. The van der Waals surface area contributed by atoms with Crippen LogP contribution in [0, 0.1) is 11.3 Å². The van der Waals surface area contributed by atoms with Gasteiger partial charge in [-0.2, -0.15) is 0 Å². The summed E-state index contributed by atoms with van der Waals surface area (Å²) in [6.07, 6.45) is 2.18. The lowest BCUT2D eigenvalue weighted by Crippen LogP contribution is -2.49. The molecule has 0 bridgehead atoms. The molecule has 110 valence electrons. The van der Waals surface area contributed by atoms with Gasteiger partial charge in [0.05, 0.1) is 6.54 Å². The molecule has 0 spiro atoms. The third-order valence-electron chi connectivity index (χ3n) is 4.20. The minimum Gasteiger partial charge on any atom is -0.347 e. The Labute approximate surface area is 116 Å². The van der Waals surface area contributed by atoms with Crippen molar-refractivity contribution in [1.82, 2.24) is 15.5 Å². The van der Waals surface area contributed by atoms with Crippen LogP contribution in [-0.4, -0.2) is 49.9 Å². The van der Waals surface area contributed by atoms with Gasteiger partial charge in [0.1, 0.15) is 0 Å². The Kier molecular flexibility index (Phi) is 5.79. The highest BCUT2D eigenvalue weighted by Gasteiger charge is 2.37. The Balaban J connectivity index is 2.49. The van der Waals surface area contributed by atoms with E-state index in [0.29, 0.717) is 12.5 Å². The van der Waals surface area contributed by atoms with E-state index in [0.717, 1.165) is 25.9 Å². The van der Waals surface area contributed by atoms with E-state index in [1.165, 1.54) is 0 Å². The molecule has 2 N–H and O–H groups in total. The van der Waals surface area contributed by atoms with E-state index in [1.807, 2.05) is 20.8 Å². The normalized spacial score (nSPS) is 19.9. The van der Waals surface area contributed by atoms with Gasteiger partial charge in [-0.1, -0.05) is 13.8 Å². The predicted octanol–water partition coefficient (Wildman–Crippen LogP) is 0.607. The molecule has 0 aromatic carbocycles. The highest BCUT2D eigenvalue weighted by Crippen LogP contribution is 2.31. The van der Waals surface area contributed by atoms with Crippen LogP contribution in [0.2, 0.25) is 0 Å². The van der Waals surface area contributed by atoms with Gasteiger partial charge >= 0.3 is 0 Å². The van der Waals surface area contributed by atoms with Gasteiger partial charge in [0.15, 0.2) is 0 Å². The van der Waals surface area contributed by atoms with Crippen LogP contribution < -0.4 is 10.6 Å². The van der Waals surface area contributed by atoms with E-state index in [2.05, 4.69) is 10.6 Å². The smallest absolute Gasteiger partial charge is 0.241 e. The Morgan fingerprint density at radius 3 is 2.63 bits per heavy atom. The largest absolute Gasteiger partial charge is 0.347 e. The average Bonchev–Trinajstić information content (AvgIpc) is 2.44. The van der Waals surface area contributed by atoms with E-state index < -0.39 is 5.41 Å². The first kappa shape index (κ1) is 16.0. The van der Waals surface area contributed by atoms with Gasteiger partial charge in [0.2, 0.25) is 11.8 Å². The summed E-state index contributed by atoms with van der Waals surface area (Å²) in [5.41, 5.74) is -0.432. The van der Waals surface area contributed by atoms with Gasteiger partial charge in [-0.3, -0.25) is 9.59 Å². The van der Waals surface area contributed by atoms with Crippen molar-refractivity contribution in [3.8, 4) is 0 Å². The molecule has 2 amide bonds. The maximum Gasteiger partial charge on any atom is 0.241 e. The van der Waals surface area contributed by atoms with Crippen molar-refractivity contribution in [2.45, 2.75) is 33.6 Å². The van der Waals surface area contributed by atoms with Crippen molar-refractivity contribution in [1.29, 1.82) is 0 Å². The second kappa shape index (κ2) is 6.89. The van der Waals surface area contributed by atoms with Gasteiger partial charge in [0.25, 0.3) is 0 Å². The first-order valence-electron chi connectivity index (χ1n) is 7.12. The molecule has 0 radical (unpaired) electrons. The Morgan fingerprint density at radius 2 is 2.11 bits per heavy atom. The molecule has 0 aromatic heterocycles. The fourth-order valence-electron chi connectivity index (χ4n) is 2.35. The molecular weight excluding hydrogens is 242 g/mol. The summed E-state index contributed by atoms with van der Waals surface area (Å²) in [6, 6.07) is 0. The minimum atomic E-state index is -0.432. The number of rotatable bonds is 5. The number of carbonyl (C=O) groups is 2. The molecule has 1 unspecified atom stereocenters. The van der Waals surface area contributed by atoms with Crippen molar-refractivity contribution in [3.63, 3.8) is 0 Å². The van der Waals surface area contributed by atoms with Crippen LogP contribution in [0.5, 0.6) is 0 Å². The van der Waals surface area contributed by atoms with Crippen LogP contribution in [0.15, 0.2) is 0 Å². The molecule has 1 rings (SSSR count). The second-order valence-corrected chi connectivity index (χ2v) is 5.86. The maximum atomic E-state index is 12.3. The summed E-state index contributed by atoms with van der Waals surface area (Å²) in [6.45, 7) is 8.51. The average molecular weight is 269 g/mol. The van der Waals surface area contributed by atoms with Gasteiger partial charge in [-0.15, -0.1) is 0 Å². The van der Waals surface area contributed by atoms with E-state index in [-0.39, 0.29) is 18.4 Å². The third kappa shape index (κ3) is 4.20. The van der Waals surface area contributed by atoms with Crippen LogP contribution in [0.25, 0.3) is 0 Å². The van der Waals surface area contributed by atoms with Crippen LogP contribution in [0.1, 0.15) is 33.6 Å². The van der Waals surface area contributed by atoms with Crippen molar-refractivity contribution in [3.05, 3.63) is 0 Å². The number of nitrogens with one attached hydrogen (secondary N) is 2. The maximum absolute atomic E-state index is 12.3. The number of hydrogen-bond acceptors (Lipinski definition) is 3. The zero-order chi connectivity index (χ0) is 14.5. The van der Waals surface area contributed by atoms with Crippen molar-refractivity contribution < 1.29 is 9.59 Å². The topological polar surface area (TPSA) is 61.4 Å². The standard InChI is InChI=1S/C14H27N3O2/c1-5-17(4)12(18)10-16-13(19)14(2,3)11-7-6-8-15-9-11/h11,15H,5-10H2,1-4H3,(H,16,19). The molecule has 19 heavy (non-hydrogen) atoms. The molecule has 1 atom stereocenters. The molecule has 0 aliphatic carbocycles. The van der Waals surface area contributed by atoms with E-state index in [9.17, 15) is 9.59 Å². The fraction of sp³-hybridized carbons (Fsp3) is 0.857. The number of nitrogens with zero attached hydrogens (tertiary/aromatic N) is 1. The predicted molar refractivity (Wildman–Crippen MR) is 75.7 cm³/mol. The summed E-state index contributed by atoms with van der Waals surface area (Å²) in [5, 5.41) is 6.11. The molecular formula is C14H27N3O2. The molecule has 0 aromatic rings. The molecule has 0 saturated carbocycles. The van der Waals surface area contributed by atoms with Crippen molar-refractivity contribution in [2.24, 2.45) is 11.3 Å². The number of likely N-dealkylation sites (N-methyl/N-ethyl adjacent to an activating group) is 1. The summed E-state index contributed by atoms with van der Waals surface area (Å²) < 4.78 is 0. The van der Waals surface area contributed by atoms with Gasteiger partial charge < -0.3 is 15.5 Å². The zero-order valence-corrected chi connectivity index (χ0v) is 12.6. The molecule has 5 nitrogen and oxygen atoms in total. The monoisotopic (exact) mass is 269 g/mol. The van der Waals surface area contributed by atoms with Gasteiger partial charge in [-0.05, 0) is 38.8 Å². The molecule has 1 aliphatic heterocycles. The first-order valence-corrected chi connectivity index (χ1v) is 7.12. The summed E-state index contributed by atoms with van der Waals surface area (Å²) >= 11 is 0. The minimum absolute atomic E-state index is 0.0287. The van der Waals surface area contributed by atoms with Crippen molar-refractivity contribution in [2.75, 3.05) is 33.2 Å². The SMILES string of the molecule is CCN(C)C(=O)CNC(=O)C(C)(C)C1CCCNC1. The third-order valence-corrected chi connectivity index (χ3v) is 4.20. The fourth-order valence-corrected chi connectivity index (χ4v) is 2.35. The number of carbonyl (C=O) groups excluding carboxylic acids is 2. The number of piperidine rings is 1. The highest BCUT2D eigenvalue weighted by molar-refractivity contribution is 5.87. The van der Waals surface area contributed by atoms with Gasteiger partial charge in [0, 0.05) is 19.0 Å². The lowest BCUT2D eigenvalue weighted by atomic mass is 9.74. The Hall–Kier alpha value is -1.10. The van der Waals surface area contributed by atoms with Gasteiger partial charge in [-0.25, -0.2) is 0 Å². The summed E-state index contributed by atoms with van der Waals surface area (Å²) in [5.74, 6) is 0.257. The number of amides is 2. The Morgan fingerprint density at radius 1 is 1.42 bits per heavy atom. The lowest BCUT2D eigenvalue weighted by molar-refractivity contribution is -0.136. The highest BCUT2D eigenvalue weighted by atomic mass is 16.2. The summed E-state index contributed by atoms with van der Waals surface area (Å²) in [7, 11) is 1.74. The van der Waals surface area contributed by atoms with E-state index in [1.54, 1.807) is 11.9 Å². The molecule has 1 aliphatic rings. The van der Waals surface area contributed by atoms with E-state index in [4.69, 9.17) is 0 Å². The lowest BCUT2D eigenvalue weighted by Gasteiger charge is -2.36. The number of hydrogen-bond donors (Lipinski definition) is 2. The molecule has 1 fully saturated rings. The van der Waals surface area contributed by atoms with Crippen LogP contribution in [0.4, 0.5) is 0 Å². The second-order valence-electron chi connectivity index (χ2n) is 5.86. The zero-order valence-electron chi connectivity index (χ0n) is 12.6. The van der Waals surface area contributed by atoms with Crippen LogP contribution >= 0.6 is 0 Å². The summed E-state index contributed by atoms with van der Waals surface area (Å²) in [4.78, 5) is 25.6. The Bertz CT molecular complexity index is 323. The molecule has 5 heteroatoms. The molecule has 1 saturated heterocycles. The first-order chi connectivity index (χ1) is 8.89. The van der Waals surface area contributed by atoms with Crippen LogP contribution in [0.3, 0.4) is 0 Å². The quantitative estimate of drug-likeness (QED) is 0.768. The van der Waals surface area contributed by atoms with E-state index >= 15 is 0 Å².